The summed E-state index contributed by atoms with van der Waals surface area (Å²) in [6.07, 6.45) is 0. The summed E-state index contributed by atoms with van der Waals surface area (Å²) in [7, 11) is -3.71. The van der Waals surface area contributed by atoms with Crippen LogP contribution in [0.4, 0.5) is 0 Å². The number of primary sulfonamides is 1. The predicted molar refractivity (Wildman–Crippen MR) is 53.1 cm³/mol. The number of sulfonamides is 1. The van der Waals surface area contributed by atoms with Crippen molar-refractivity contribution in [2.24, 2.45) is 5.14 Å². The van der Waals surface area contributed by atoms with E-state index in [-0.39, 0.29) is 5.03 Å². The Balaban J connectivity index is 2.75. The molecule has 2 N–H and O–H groups in total. The van der Waals surface area contributed by atoms with E-state index in [4.69, 9.17) is 5.14 Å². The third kappa shape index (κ3) is 1.59. The number of rotatable bonds is 1. The number of pyridine rings is 1. The van der Waals surface area contributed by atoms with E-state index in [1.54, 1.807) is 18.2 Å². The zero-order chi connectivity index (χ0) is 10.2. The maximum atomic E-state index is 11.0. The van der Waals surface area contributed by atoms with Gasteiger partial charge in [-0.3, -0.25) is 0 Å². The molecular weight excluding hydrogens is 200 g/mol. The highest BCUT2D eigenvalue weighted by Crippen LogP contribution is 2.13. The van der Waals surface area contributed by atoms with Gasteiger partial charge in [0.05, 0.1) is 5.52 Å². The van der Waals surface area contributed by atoms with Crippen LogP contribution in [0.15, 0.2) is 41.4 Å². The molecule has 0 unspecified atom stereocenters. The molecule has 1 heterocycles. The lowest BCUT2D eigenvalue weighted by Crippen LogP contribution is -2.13. The molecule has 0 fully saturated rings. The van der Waals surface area contributed by atoms with Crippen LogP contribution in [0.1, 0.15) is 0 Å². The zero-order valence-corrected chi connectivity index (χ0v) is 8.03. The maximum Gasteiger partial charge on any atom is 0.255 e. The van der Waals surface area contributed by atoms with Crippen molar-refractivity contribution in [1.29, 1.82) is 0 Å². The Kier molecular flexibility index (Phi) is 1.98. The standard InChI is InChI=1S/C9H8N2O2S/c10-14(12,13)9-6-5-7-3-1-2-4-8(7)11-9/h1-6H,(H2,10,12,13). The second-order valence-electron chi connectivity index (χ2n) is 2.89. The summed E-state index contributed by atoms with van der Waals surface area (Å²) in [5, 5.41) is 5.75. The SMILES string of the molecule is NS(=O)(=O)c1ccc2ccccc2n1. The molecule has 0 aliphatic carbocycles. The van der Waals surface area contributed by atoms with E-state index in [0.717, 1.165) is 5.39 Å². The minimum atomic E-state index is -3.71. The quantitative estimate of drug-likeness (QED) is 0.756. The molecule has 4 nitrogen and oxygen atoms in total. The highest BCUT2D eigenvalue weighted by molar-refractivity contribution is 7.89. The van der Waals surface area contributed by atoms with Crippen LogP contribution in [0.2, 0.25) is 0 Å². The van der Waals surface area contributed by atoms with Gasteiger partial charge in [0, 0.05) is 5.39 Å². The van der Waals surface area contributed by atoms with Crippen molar-refractivity contribution >= 4 is 20.9 Å². The lowest BCUT2D eigenvalue weighted by Gasteiger charge is -1.99. The molecular formula is C9H8N2O2S. The highest BCUT2D eigenvalue weighted by atomic mass is 32.2. The fourth-order valence-corrected chi connectivity index (χ4v) is 1.69. The molecule has 0 spiro atoms. The van der Waals surface area contributed by atoms with Crippen molar-refractivity contribution in [3.63, 3.8) is 0 Å². The van der Waals surface area contributed by atoms with Gasteiger partial charge >= 0.3 is 0 Å². The summed E-state index contributed by atoms with van der Waals surface area (Å²) in [6.45, 7) is 0. The smallest absolute Gasteiger partial charge is 0.235 e. The molecule has 0 aliphatic rings. The van der Waals surface area contributed by atoms with Crippen LogP contribution in [0.5, 0.6) is 0 Å². The van der Waals surface area contributed by atoms with E-state index >= 15 is 0 Å². The van der Waals surface area contributed by atoms with Gasteiger partial charge < -0.3 is 0 Å². The van der Waals surface area contributed by atoms with Gasteiger partial charge in [-0.1, -0.05) is 18.2 Å². The Morgan fingerprint density at radius 2 is 1.79 bits per heavy atom. The number of para-hydroxylation sites is 1. The second-order valence-corrected chi connectivity index (χ2v) is 4.40. The molecule has 0 amide bonds. The number of benzene rings is 1. The second kappa shape index (κ2) is 3.04. The average molecular weight is 208 g/mol. The first-order valence-corrected chi connectivity index (χ1v) is 5.50. The number of hydrogen-bond donors (Lipinski definition) is 1. The van der Waals surface area contributed by atoms with Crippen LogP contribution in [-0.4, -0.2) is 13.4 Å². The Morgan fingerprint density at radius 3 is 2.50 bits per heavy atom. The third-order valence-corrected chi connectivity index (χ3v) is 2.67. The number of aromatic nitrogens is 1. The first-order valence-electron chi connectivity index (χ1n) is 3.96. The number of fused-ring (bicyclic) bond motifs is 1. The first-order chi connectivity index (χ1) is 6.57. The molecule has 2 rings (SSSR count). The van der Waals surface area contributed by atoms with Crippen molar-refractivity contribution in [3.8, 4) is 0 Å². The largest absolute Gasteiger partial charge is 0.255 e. The van der Waals surface area contributed by atoms with Crippen LogP contribution >= 0.6 is 0 Å². The molecule has 5 heteroatoms. The van der Waals surface area contributed by atoms with Gasteiger partial charge in [-0.15, -0.1) is 0 Å². The molecule has 0 aliphatic heterocycles. The van der Waals surface area contributed by atoms with Gasteiger partial charge in [-0.2, -0.15) is 0 Å². The van der Waals surface area contributed by atoms with E-state index in [9.17, 15) is 8.42 Å². The third-order valence-electron chi connectivity index (χ3n) is 1.86. The van der Waals surface area contributed by atoms with E-state index in [1.807, 2.05) is 12.1 Å². The van der Waals surface area contributed by atoms with Crippen LogP contribution < -0.4 is 5.14 Å². The van der Waals surface area contributed by atoms with E-state index in [0.29, 0.717) is 5.52 Å². The molecule has 72 valence electrons. The Bertz CT molecular complexity index is 578. The fraction of sp³-hybridized carbons (Fsp3) is 0. The predicted octanol–water partition coefficient (Wildman–Crippen LogP) is 0.882. The minimum absolute atomic E-state index is 0.101. The molecule has 14 heavy (non-hydrogen) atoms. The van der Waals surface area contributed by atoms with Crippen LogP contribution in [0, 0.1) is 0 Å². The van der Waals surface area contributed by atoms with Gasteiger partial charge in [0.15, 0.2) is 5.03 Å². The molecule has 1 aromatic carbocycles. The fourth-order valence-electron chi connectivity index (χ4n) is 1.21. The average Bonchev–Trinajstić information content (AvgIpc) is 2.16. The van der Waals surface area contributed by atoms with Crippen LogP contribution in [0.25, 0.3) is 10.9 Å². The lowest BCUT2D eigenvalue weighted by atomic mass is 10.2. The summed E-state index contributed by atoms with van der Waals surface area (Å²) in [5.41, 5.74) is 0.624. The number of nitrogens with two attached hydrogens (primary N) is 1. The Labute approximate surface area is 81.4 Å². The van der Waals surface area contributed by atoms with Gasteiger partial charge in [0.25, 0.3) is 10.0 Å². The van der Waals surface area contributed by atoms with Crippen molar-refractivity contribution in [3.05, 3.63) is 36.4 Å². The number of nitrogens with zero attached hydrogens (tertiary/aromatic N) is 1. The van der Waals surface area contributed by atoms with E-state index in [1.165, 1.54) is 6.07 Å². The van der Waals surface area contributed by atoms with Crippen molar-refractivity contribution in [2.75, 3.05) is 0 Å². The summed E-state index contributed by atoms with van der Waals surface area (Å²) in [4.78, 5) is 3.93. The summed E-state index contributed by atoms with van der Waals surface area (Å²) in [5.74, 6) is 0. The highest BCUT2D eigenvalue weighted by Gasteiger charge is 2.09. The van der Waals surface area contributed by atoms with Crippen LogP contribution in [-0.2, 0) is 10.0 Å². The molecule has 0 saturated heterocycles. The van der Waals surface area contributed by atoms with Crippen molar-refractivity contribution in [1.82, 2.24) is 4.98 Å². The van der Waals surface area contributed by atoms with Gasteiger partial charge in [-0.25, -0.2) is 18.5 Å². The molecule has 2 aromatic rings. The topological polar surface area (TPSA) is 73.1 Å². The monoisotopic (exact) mass is 208 g/mol. The van der Waals surface area contributed by atoms with Crippen LogP contribution in [0.3, 0.4) is 0 Å². The zero-order valence-electron chi connectivity index (χ0n) is 7.21. The minimum Gasteiger partial charge on any atom is -0.235 e. The number of hydrogen-bond acceptors (Lipinski definition) is 3. The van der Waals surface area contributed by atoms with Crippen molar-refractivity contribution < 1.29 is 8.42 Å². The van der Waals surface area contributed by atoms with Gasteiger partial charge in [-0.05, 0) is 18.2 Å². The van der Waals surface area contributed by atoms with E-state index in [2.05, 4.69) is 4.98 Å². The summed E-state index contributed by atoms with van der Waals surface area (Å²) < 4.78 is 22.0. The molecule has 0 bridgehead atoms. The molecule has 0 radical (unpaired) electrons. The van der Waals surface area contributed by atoms with Crippen molar-refractivity contribution in [2.45, 2.75) is 5.03 Å². The van der Waals surface area contributed by atoms with E-state index < -0.39 is 10.0 Å². The van der Waals surface area contributed by atoms with Gasteiger partial charge in [0.2, 0.25) is 0 Å². The summed E-state index contributed by atoms with van der Waals surface area (Å²) in [6, 6.07) is 10.3. The Morgan fingerprint density at radius 1 is 1.07 bits per heavy atom. The molecule has 0 atom stereocenters. The summed E-state index contributed by atoms with van der Waals surface area (Å²) >= 11 is 0. The Hall–Kier alpha value is -1.46. The van der Waals surface area contributed by atoms with Gasteiger partial charge in [0.1, 0.15) is 0 Å². The molecule has 0 saturated carbocycles. The lowest BCUT2D eigenvalue weighted by molar-refractivity contribution is 0.594. The molecule has 1 aromatic heterocycles. The maximum absolute atomic E-state index is 11.0. The normalized spacial score (nSPS) is 11.8. The first kappa shape index (κ1) is 9.11.